The van der Waals surface area contributed by atoms with E-state index in [0.717, 1.165) is 11.4 Å². The van der Waals surface area contributed by atoms with Crippen LogP contribution in [0.2, 0.25) is 0 Å². The Labute approximate surface area is 163 Å². The van der Waals surface area contributed by atoms with E-state index in [9.17, 15) is 9.18 Å². The zero-order valence-corrected chi connectivity index (χ0v) is 15.8. The van der Waals surface area contributed by atoms with Crippen LogP contribution in [0.5, 0.6) is 0 Å². The minimum atomic E-state index is -0.329. The topological polar surface area (TPSA) is 70.2 Å². The van der Waals surface area contributed by atoms with E-state index in [1.54, 1.807) is 24.3 Å². The zero-order valence-electron chi connectivity index (χ0n) is 15.8. The molecule has 0 fully saturated rings. The van der Waals surface area contributed by atoms with E-state index in [4.69, 9.17) is 0 Å². The van der Waals surface area contributed by atoms with Crippen molar-refractivity contribution in [3.63, 3.8) is 0 Å². The van der Waals surface area contributed by atoms with Gasteiger partial charge in [0, 0.05) is 38.1 Å². The van der Waals surface area contributed by atoms with Crippen LogP contribution in [0.25, 0.3) is 0 Å². The molecule has 2 N–H and O–H groups in total. The first-order valence-electron chi connectivity index (χ1n) is 8.91. The van der Waals surface area contributed by atoms with E-state index in [1.165, 1.54) is 12.4 Å². The van der Waals surface area contributed by atoms with Gasteiger partial charge in [0.25, 0.3) is 5.91 Å². The van der Waals surface area contributed by atoms with E-state index in [-0.39, 0.29) is 17.4 Å². The maximum absolute atomic E-state index is 13.6. The molecule has 0 aliphatic rings. The summed E-state index contributed by atoms with van der Waals surface area (Å²) in [5, 5.41) is 5.91. The molecule has 0 saturated carbocycles. The van der Waals surface area contributed by atoms with Gasteiger partial charge in [-0.25, -0.2) is 14.4 Å². The zero-order chi connectivity index (χ0) is 19.9. The highest BCUT2D eigenvalue weighted by Gasteiger charge is 2.09. The number of carbonyl (C=O) groups excluding carboxylic acids is 1. The van der Waals surface area contributed by atoms with Gasteiger partial charge in [-0.05, 0) is 42.3 Å². The smallest absolute Gasteiger partial charge is 0.270 e. The number of rotatable bonds is 7. The summed E-state index contributed by atoms with van der Waals surface area (Å²) in [4.78, 5) is 22.5. The Hall–Kier alpha value is -3.48. The van der Waals surface area contributed by atoms with Crippen LogP contribution in [0.1, 0.15) is 16.1 Å². The number of hydrogen-bond donors (Lipinski definition) is 2. The van der Waals surface area contributed by atoms with Crippen LogP contribution in [0.3, 0.4) is 0 Å². The summed E-state index contributed by atoms with van der Waals surface area (Å²) in [6.07, 6.45) is 1.75. The van der Waals surface area contributed by atoms with Crippen molar-refractivity contribution in [3.8, 4) is 0 Å². The van der Waals surface area contributed by atoms with Gasteiger partial charge in [-0.2, -0.15) is 0 Å². The lowest BCUT2D eigenvalue weighted by Crippen LogP contribution is -2.26. The van der Waals surface area contributed by atoms with Crippen LogP contribution in [0.4, 0.5) is 21.6 Å². The van der Waals surface area contributed by atoms with E-state index in [0.29, 0.717) is 24.3 Å². The second-order valence-electron chi connectivity index (χ2n) is 6.45. The molecular weight excluding hydrogens is 357 g/mol. The normalized spacial score (nSPS) is 10.4. The molecule has 3 rings (SSSR count). The fourth-order valence-electron chi connectivity index (χ4n) is 2.64. The number of aromatic nitrogens is 2. The van der Waals surface area contributed by atoms with Crippen LogP contribution >= 0.6 is 0 Å². The lowest BCUT2D eigenvalue weighted by Gasteiger charge is -2.13. The Bertz CT molecular complexity index is 944. The van der Waals surface area contributed by atoms with Gasteiger partial charge < -0.3 is 15.5 Å². The molecule has 28 heavy (non-hydrogen) atoms. The predicted octanol–water partition coefficient (Wildman–Crippen LogP) is 3.40. The van der Waals surface area contributed by atoms with Crippen LogP contribution in [-0.2, 0) is 6.42 Å². The Morgan fingerprint density at radius 1 is 1.07 bits per heavy atom. The van der Waals surface area contributed by atoms with Crippen LogP contribution < -0.4 is 15.5 Å². The molecule has 0 saturated heterocycles. The summed E-state index contributed by atoms with van der Waals surface area (Å²) < 4.78 is 13.6. The largest absolute Gasteiger partial charge is 0.378 e. The quantitative estimate of drug-likeness (QED) is 0.658. The van der Waals surface area contributed by atoms with E-state index in [2.05, 4.69) is 20.6 Å². The van der Waals surface area contributed by atoms with Gasteiger partial charge in [0.15, 0.2) is 0 Å². The molecule has 6 nitrogen and oxygen atoms in total. The maximum atomic E-state index is 13.6. The van der Waals surface area contributed by atoms with Crippen molar-refractivity contribution in [3.05, 3.63) is 78.0 Å². The standard InChI is InChI=1S/C21H22FN5O/c1-27(2)17-9-7-16(8-10-17)26-20-13-19(24-14-25-20)21(28)23-12-11-15-5-3-4-6-18(15)22/h3-10,13-14H,11-12H2,1-2H3,(H,23,28)(H,24,25,26). The number of nitrogens with one attached hydrogen (secondary N) is 2. The van der Waals surface area contributed by atoms with Crippen molar-refractivity contribution < 1.29 is 9.18 Å². The van der Waals surface area contributed by atoms with Crippen molar-refractivity contribution in [1.29, 1.82) is 0 Å². The second kappa shape index (κ2) is 8.94. The Morgan fingerprint density at radius 3 is 2.54 bits per heavy atom. The Kier molecular flexibility index (Phi) is 6.16. The number of amides is 1. The summed E-state index contributed by atoms with van der Waals surface area (Å²) in [6, 6.07) is 15.9. The molecule has 0 spiro atoms. The maximum Gasteiger partial charge on any atom is 0.270 e. The van der Waals surface area contributed by atoms with Gasteiger partial charge >= 0.3 is 0 Å². The van der Waals surface area contributed by atoms with Gasteiger partial charge in [-0.3, -0.25) is 4.79 Å². The molecule has 0 atom stereocenters. The number of anilines is 3. The number of halogens is 1. The molecule has 1 heterocycles. The summed E-state index contributed by atoms with van der Waals surface area (Å²) in [7, 11) is 3.95. The highest BCUT2D eigenvalue weighted by molar-refractivity contribution is 5.92. The minimum absolute atomic E-state index is 0.246. The summed E-state index contributed by atoms with van der Waals surface area (Å²) in [5.74, 6) is -0.0813. The van der Waals surface area contributed by atoms with E-state index >= 15 is 0 Å². The molecule has 0 bridgehead atoms. The van der Waals surface area contributed by atoms with Gasteiger partial charge in [0.1, 0.15) is 23.7 Å². The molecule has 1 aromatic heterocycles. The Balaban J connectivity index is 1.59. The molecular formula is C21H22FN5O. The fourth-order valence-corrected chi connectivity index (χ4v) is 2.64. The first-order chi connectivity index (χ1) is 13.5. The summed E-state index contributed by atoms with van der Waals surface area (Å²) in [6.45, 7) is 0.318. The molecule has 1 amide bonds. The van der Waals surface area contributed by atoms with Crippen LogP contribution in [0.15, 0.2) is 60.9 Å². The Morgan fingerprint density at radius 2 is 1.82 bits per heavy atom. The highest BCUT2D eigenvalue weighted by atomic mass is 19.1. The third-order valence-electron chi connectivity index (χ3n) is 4.19. The van der Waals surface area contributed by atoms with E-state index in [1.807, 2.05) is 43.3 Å². The fraction of sp³-hybridized carbons (Fsp3) is 0.190. The third kappa shape index (κ3) is 5.03. The van der Waals surface area contributed by atoms with Crippen molar-refractivity contribution in [2.24, 2.45) is 0 Å². The highest BCUT2D eigenvalue weighted by Crippen LogP contribution is 2.19. The van der Waals surface area contributed by atoms with Crippen molar-refractivity contribution in [2.45, 2.75) is 6.42 Å². The molecule has 144 valence electrons. The average molecular weight is 379 g/mol. The van der Waals surface area contributed by atoms with E-state index < -0.39 is 0 Å². The lowest BCUT2D eigenvalue weighted by molar-refractivity contribution is 0.0949. The number of carbonyl (C=O) groups is 1. The average Bonchev–Trinajstić information content (AvgIpc) is 2.70. The van der Waals surface area contributed by atoms with Crippen molar-refractivity contribution in [2.75, 3.05) is 30.9 Å². The number of benzene rings is 2. The first-order valence-corrected chi connectivity index (χ1v) is 8.91. The summed E-state index contributed by atoms with van der Waals surface area (Å²) >= 11 is 0. The second-order valence-corrected chi connectivity index (χ2v) is 6.45. The minimum Gasteiger partial charge on any atom is -0.378 e. The SMILES string of the molecule is CN(C)c1ccc(Nc2cc(C(=O)NCCc3ccccc3F)ncn2)cc1. The molecule has 0 aliphatic heterocycles. The van der Waals surface area contributed by atoms with Gasteiger partial charge in [0.2, 0.25) is 0 Å². The van der Waals surface area contributed by atoms with Gasteiger partial charge in [0.05, 0.1) is 0 Å². The number of hydrogen-bond acceptors (Lipinski definition) is 5. The molecule has 3 aromatic rings. The van der Waals surface area contributed by atoms with Crippen molar-refractivity contribution >= 4 is 23.1 Å². The van der Waals surface area contributed by atoms with Gasteiger partial charge in [-0.15, -0.1) is 0 Å². The molecule has 2 aromatic carbocycles. The number of nitrogens with zero attached hydrogens (tertiary/aromatic N) is 3. The van der Waals surface area contributed by atoms with Gasteiger partial charge in [-0.1, -0.05) is 18.2 Å². The van der Waals surface area contributed by atoms with Crippen LogP contribution in [-0.4, -0.2) is 36.5 Å². The molecule has 7 heteroatoms. The third-order valence-corrected chi connectivity index (χ3v) is 4.19. The van der Waals surface area contributed by atoms with Crippen molar-refractivity contribution in [1.82, 2.24) is 15.3 Å². The molecule has 0 radical (unpaired) electrons. The first kappa shape index (κ1) is 19.3. The predicted molar refractivity (Wildman–Crippen MR) is 109 cm³/mol. The summed E-state index contributed by atoms with van der Waals surface area (Å²) in [5.41, 5.74) is 2.75. The lowest BCUT2D eigenvalue weighted by atomic mass is 10.1. The molecule has 0 unspecified atom stereocenters. The molecule has 0 aliphatic carbocycles. The van der Waals surface area contributed by atoms with Crippen LogP contribution in [0, 0.1) is 5.82 Å². The monoisotopic (exact) mass is 379 g/mol.